The molecule has 0 spiro atoms. The Labute approximate surface area is 81.9 Å². The molecule has 2 heterocycles. The van der Waals surface area contributed by atoms with E-state index in [1.165, 1.54) is 0 Å². The van der Waals surface area contributed by atoms with Crippen LogP contribution in [0.25, 0.3) is 11.4 Å². The van der Waals surface area contributed by atoms with Gasteiger partial charge in [0.1, 0.15) is 0 Å². The lowest BCUT2D eigenvalue weighted by Crippen LogP contribution is -2.01. The Bertz CT molecular complexity index is 413. The third kappa shape index (κ3) is 1.75. The molecule has 0 atom stereocenters. The average Bonchev–Trinajstić information content (AvgIpc) is 2.30. The predicted molar refractivity (Wildman–Crippen MR) is 53.2 cm³/mol. The Morgan fingerprint density at radius 3 is 2.57 bits per heavy atom. The Kier molecular flexibility index (Phi) is 2.46. The van der Waals surface area contributed by atoms with E-state index in [1.54, 1.807) is 18.6 Å². The van der Waals surface area contributed by atoms with Crippen molar-refractivity contribution in [1.29, 1.82) is 0 Å². The molecular formula is C10H10N4. The first-order valence-electron chi connectivity index (χ1n) is 4.32. The standard InChI is InChI=1S/C10H10N4/c11-7-9-3-6-13-10(14-9)8-1-4-12-5-2-8/h1-6H,7,11H2. The monoisotopic (exact) mass is 186 g/mol. The maximum absolute atomic E-state index is 5.49. The molecule has 4 nitrogen and oxygen atoms in total. The van der Waals surface area contributed by atoms with Crippen LogP contribution in [-0.4, -0.2) is 15.0 Å². The van der Waals surface area contributed by atoms with Gasteiger partial charge < -0.3 is 5.73 Å². The number of nitrogens with two attached hydrogens (primary N) is 1. The van der Waals surface area contributed by atoms with Crippen LogP contribution in [0.15, 0.2) is 36.8 Å². The highest BCUT2D eigenvalue weighted by atomic mass is 14.9. The van der Waals surface area contributed by atoms with E-state index in [4.69, 9.17) is 5.73 Å². The van der Waals surface area contributed by atoms with E-state index >= 15 is 0 Å². The lowest BCUT2D eigenvalue weighted by Gasteiger charge is -2.00. The molecule has 0 aromatic carbocycles. The van der Waals surface area contributed by atoms with E-state index in [2.05, 4.69) is 15.0 Å². The Morgan fingerprint density at radius 2 is 1.86 bits per heavy atom. The number of aromatic nitrogens is 3. The van der Waals surface area contributed by atoms with Crippen LogP contribution in [0.1, 0.15) is 5.69 Å². The van der Waals surface area contributed by atoms with Crippen LogP contribution in [0.4, 0.5) is 0 Å². The normalized spacial score (nSPS) is 10.1. The smallest absolute Gasteiger partial charge is 0.159 e. The molecule has 0 amide bonds. The first-order valence-corrected chi connectivity index (χ1v) is 4.32. The summed E-state index contributed by atoms with van der Waals surface area (Å²) in [6.45, 7) is 0.431. The van der Waals surface area contributed by atoms with E-state index < -0.39 is 0 Å². The van der Waals surface area contributed by atoms with Crippen molar-refractivity contribution in [2.24, 2.45) is 5.73 Å². The number of rotatable bonds is 2. The summed E-state index contributed by atoms with van der Waals surface area (Å²) in [5.74, 6) is 0.690. The van der Waals surface area contributed by atoms with E-state index in [0.717, 1.165) is 11.3 Å². The minimum atomic E-state index is 0.431. The van der Waals surface area contributed by atoms with Crippen molar-refractivity contribution >= 4 is 0 Å². The topological polar surface area (TPSA) is 64.7 Å². The fraction of sp³-hybridized carbons (Fsp3) is 0.100. The molecule has 0 radical (unpaired) electrons. The van der Waals surface area contributed by atoms with Gasteiger partial charge in [0.25, 0.3) is 0 Å². The quantitative estimate of drug-likeness (QED) is 0.759. The molecule has 0 unspecified atom stereocenters. The van der Waals surface area contributed by atoms with Gasteiger partial charge in [0.05, 0.1) is 5.69 Å². The first-order chi connectivity index (χ1) is 6.90. The minimum Gasteiger partial charge on any atom is -0.325 e. The zero-order valence-electron chi connectivity index (χ0n) is 7.59. The minimum absolute atomic E-state index is 0.431. The zero-order valence-corrected chi connectivity index (χ0v) is 7.59. The first kappa shape index (κ1) is 8.77. The number of nitrogens with zero attached hydrogens (tertiary/aromatic N) is 3. The molecule has 2 rings (SSSR count). The van der Waals surface area contributed by atoms with Crippen LogP contribution in [0, 0.1) is 0 Å². The van der Waals surface area contributed by atoms with Crippen LogP contribution in [-0.2, 0) is 6.54 Å². The summed E-state index contributed by atoms with van der Waals surface area (Å²) < 4.78 is 0. The largest absolute Gasteiger partial charge is 0.325 e. The highest BCUT2D eigenvalue weighted by Gasteiger charge is 2.00. The van der Waals surface area contributed by atoms with Crippen molar-refractivity contribution in [2.45, 2.75) is 6.54 Å². The van der Waals surface area contributed by atoms with Crippen LogP contribution in [0.3, 0.4) is 0 Å². The molecule has 0 aliphatic rings. The molecule has 2 aromatic heterocycles. The summed E-state index contributed by atoms with van der Waals surface area (Å²) >= 11 is 0. The van der Waals surface area contributed by atoms with Crippen LogP contribution in [0.2, 0.25) is 0 Å². The summed E-state index contributed by atoms with van der Waals surface area (Å²) in [7, 11) is 0. The van der Waals surface area contributed by atoms with Gasteiger partial charge in [0.15, 0.2) is 5.82 Å². The van der Waals surface area contributed by atoms with Gasteiger partial charge in [-0.2, -0.15) is 0 Å². The highest BCUT2D eigenvalue weighted by Crippen LogP contribution is 2.12. The van der Waals surface area contributed by atoms with Gasteiger partial charge in [-0.3, -0.25) is 4.98 Å². The van der Waals surface area contributed by atoms with Gasteiger partial charge in [-0.15, -0.1) is 0 Å². The molecule has 70 valence electrons. The third-order valence-electron chi connectivity index (χ3n) is 1.86. The lowest BCUT2D eigenvalue weighted by molar-refractivity contribution is 0.969. The van der Waals surface area contributed by atoms with Gasteiger partial charge in [-0.05, 0) is 18.2 Å². The number of pyridine rings is 1. The van der Waals surface area contributed by atoms with E-state index in [0.29, 0.717) is 12.4 Å². The van der Waals surface area contributed by atoms with Crippen LogP contribution in [0.5, 0.6) is 0 Å². The van der Waals surface area contributed by atoms with Crippen molar-refractivity contribution in [3.05, 3.63) is 42.5 Å². The molecule has 0 fully saturated rings. The van der Waals surface area contributed by atoms with Crippen molar-refractivity contribution in [3.63, 3.8) is 0 Å². The fourth-order valence-corrected chi connectivity index (χ4v) is 1.15. The van der Waals surface area contributed by atoms with Gasteiger partial charge in [0, 0.05) is 30.7 Å². The van der Waals surface area contributed by atoms with Crippen molar-refractivity contribution in [2.75, 3.05) is 0 Å². The molecule has 0 aliphatic heterocycles. The van der Waals surface area contributed by atoms with Crippen LogP contribution >= 0.6 is 0 Å². The highest BCUT2D eigenvalue weighted by molar-refractivity contribution is 5.53. The molecule has 0 saturated heterocycles. The Hall–Kier alpha value is -1.81. The summed E-state index contributed by atoms with van der Waals surface area (Å²) in [4.78, 5) is 12.4. The zero-order chi connectivity index (χ0) is 9.80. The van der Waals surface area contributed by atoms with Crippen molar-refractivity contribution in [1.82, 2.24) is 15.0 Å². The molecular weight excluding hydrogens is 176 g/mol. The second kappa shape index (κ2) is 3.93. The molecule has 0 bridgehead atoms. The molecule has 2 aromatic rings. The van der Waals surface area contributed by atoms with Gasteiger partial charge in [0.2, 0.25) is 0 Å². The summed E-state index contributed by atoms with van der Waals surface area (Å²) in [6, 6.07) is 5.55. The predicted octanol–water partition coefficient (Wildman–Crippen LogP) is 0.997. The average molecular weight is 186 g/mol. The van der Waals surface area contributed by atoms with Gasteiger partial charge >= 0.3 is 0 Å². The van der Waals surface area contributed by atoms with Gasteiger partial charge in [-0.25, -0.2) is 9.97 Å². The van der Waals surface area contributed by atoms with E-state index in [-0.39, 0.29) is 0 Å². The molecule has 2 N–H and O–H groups in total. The Morgan fingerprint density at radius 1 is 1.07 bits per heavy atom. The second-order valence-corrected chi connectivity index (χ2v) is 2.81. The van der Waals surface area contributed by atoms with Crippen LogP contribution < -0.4 is 5.73 Å². The van der Waals surface area contributed by atoms with Crippen molar-refractivity contribution in [3.8, 4) is 11.4 Å². The lowest BCUT2D eigenvalue weighted by atomic mass is 10.2. The maximum Gasteiger partial charge on any atom is 0.159 e. The molecule has 0 aliphatic carbocycles. The van der Waals surface area contributed by atoms with E-state index in [1.807, 2.05) is 18.2 Å². The fourth-order valence-electron chi connectivity index (χ4n) is 1.15. The molecule has 4 heteroatoms. The molecule has 0 saturated carbocycles. The summed E-state index contributed by atoms with van der Waals surface area (Å²) in [5, 5.41) is 0. The van der Waals surface area contributed by atoms with Crippen molar-refractivity contribution < 1.29 is 0 Å². The number of hydrogen-bond donors (Lipinski definition) is 1. The Balaban J connectivity index is 2.42. The van der Waals surface area contributed by atoms with Gasteiger partial charge in [-0.1, -0.05) is 0 Å². The maximum atomic E-state index is 5.49. The summed E-state index contributed by atoms with van der Waals surface area (Å²) in [6.07, 6.45) is 5.15. The molecule has 14 heavy (non-hydrogen) atoms. The SMILES string of the molecule is NCc1ccnc(-c2ccncc2)n1. The second-order valence-electron chi connectivity index (χ2n) is 2.81. The summed E-state index contributed by atoms with van der Waals surface area (Å²) in [5.41, 5.74) is 7.29. The number of hydrogen-bond acceptors (Lipinski definition) is 4. The third-order valence-corrected chi connectivity index (χ3v) is 1.86. The van der Waals surface area contributed by atoms with E-state index in [9.17, 15) is 0 Å².